The van der Waals surface area contributed by atoms with E-state index in [0.29, 0.717) is 13.0 Å². The third-order valence-corrected chi connectivity index (χ3v) is 4.18. The summed E-state index contributed by atoms with van der Waals surface area (Å²) in [6, 6.07) is 6.36. The van der Waals surface area contributed by atoms with Crippen molar-refractivity contribution in [3.63, 3.8) is 0 Å². The quantitative estimate of drug-likeness (QED) is 0.722. The van der Waals surface area contributed by atoms with E-state index in [1.54, 1.807) is 12.1 Å². The number of halogens is 1. The smallest absolute Gasteiger partial charge is 0.315 e. The number of aliphatic hydroxyl groups excluding tert-OH is 1. The Morgan fingerprint density at radius 2 is 2.24 bits per heavy atom. The third kappa shape index (κ3) is 4.17. The van der Waals surface area contributed by atoms with E-state index < -0.39 is 0 Å². The zero-order valence-corrected chi connectivity index (χ0v) is 12.4. The van der Waals surface area contributed by atoms with Crippen molar-refractivity contribution in [2.45, 2.75) is 44.1 Å². The maximum absolute atomic E-state index is 13.3. The lowest BCUT2D eigenvalue weighted by Gasteiger charge is -2.20. The number of amides is 2. The molecule has 0 spiro atoms. The summed E-state index contributed by atoms with van der Waals surface area (Å²) >= 11 is 0. The van der Waals surface area contributed by atoms with Gasteiger partial charge in [0.2, 0.25) is 0 Å². The molecule has 4 nitrogen and oxygen atoms in total. The zero-order valence-electron chi connectivity index (χ0n) is 12.4. The summed E-state index contributed by atoms with van der Waals surface area (Å²) in [6.45, 7) is 2.54. The Labute approximate surface area is 124 Å². The molecule has 1 aliphatic rings. The van der Waals surface area contributed by atoms with Gasteiger partial charge in [-0.15, -0.1) is 0 Å². The maximum atomic E-state index is 13.3. The Hall–Kier alpha value is -1.62. The second-order valence-electron chi connectivity index (χ2n) is 5.74. The van der Waals surface area contributed by atoms with Gasteiger partial charge in [0.1, 0.15) is 5.82 Å². The van der Waals surface area contributed by atoms with E-state index >= 15 is 0 Å². The van der Waals surface area contributed by atoms with Crippen LogP contribution in [0.2, 0.25) is 0 Å². The van der Waals surface area contributed by atoms with Crippen molar-refractivity contribution in [1.29, 1.82) is 0 Å². The lowest BCUT2D eigenvalue weighted by molar-refractivity contribution is 0.227. The van der Waals surface area contributed by atoms with Gasteiger partial charge in [-0.3, -0.25) is 0 Å². The molecule has 1 aromatic rings. The van der Waals surface area contributed by atoms with Gasteiger partial charge in [-0.2, -0.15) is 0 Å². The molecule has 0 heterocycles. The molecule has 1 saturated carbocycles. The molecule has 1 atom stereocenters. The largest absolute Gasteiger partial charge is 0.396 e. The van der Waals surface area contributed by atoms with Crippen molar-refractivity contribution in [2.24, 2.45) is 0 Å². The van der Waals surface area contributed by atoms with E-state index in [-0.39, 0.29) is 29.9 Å². The van der Waals surface area contributed by atoms with Gasteiger partial charge in [0.25, 0.3) is 0 Å². The Kier molecular flexibility index (Phi) is 5.17. The highest BCUT2D eigenvalue weighted by Crippen LogP contribution is 2.47. The monoisotopic (exact) mass is 294 g/mol. The summed E-state index contributed by atoms with van der Waals surface area (Å²) in [5, 5.41) is 14.6. The molecule has 1 unspecified atom stereocenters. The lowest BCUT2D eigenvalue weighted by Crippen LogP contribution is -2.44. The van der Waals surface area contributed by atoms with Crippen LogP contribution < -0.4 is 10.6 Å². The van der Waals surface area contributed by atoms with E-state index in [1.807, 2.05) is 13.0 Å². The Balaban J connectivity index is 1.86. The Morgan fingerprint density at radius 1 is 1.48 bits per heavy atom. The van der Waals surface area contributed by atoms with Crippen LogP contribution in [0.1, 0.15) is 38.2 Å². The molecule has 0 saturated heterocycles. The molecule has 3 N–H and O–H groups in total. The summed E-state index contributed by atoms with van der Waals surface area (Å²) in [5.41, 5.74) is 0.836. The molecule has 0 aliphatic heterocycles. The minimum Gasteiger partial charge on any atom is -0.396 e. The third-order valence-electron chi connectivity index (χ3n) is 4.18. The number of carbonyl (C=O) groups is 1. The summed E-state index contributed by atoms with van der Waals surface area (Å²) in [7, 11) is 0. The van der Waals surface area contributed by atoms with E-state index in [2.05, 4.69) is 10.6 Å². The maximum Gasteiger partial charge on any atom is 0.315 e. The highest BCUT2D eigenvalue weighted by molar-refractivity contribution is 5.74. The van der Waals surface area contributed by atoms with Crippen LogP contribution in [0.15, 0.2) is 24.3 Å². The number of hydrogen-bond donors (Lipinski definition) is 3. The van der Waals surface area contributed by atoms with Crippen molar-refractivity contribution >= 4 is 6.03 Å². The minimum atomic E-state index is -0.239. The van der Waals surface area contributed by atoms with Gasteiger partial charge < -0.3 is 15.7 Å². The molecule has 2 amide bonds. The van der Waals surface area contributed by atoms with Gasteiger partial charge >= 0.3 is 6.03 Å². The van der Waals surface area contributed by atoms with Crippen LogP contribution in [0, 0.1) is 5.82 Å². The number of urea groups is 1. The first-order chi connectivity index (χ1) is 10.1. The van der Waals surface area contributed by atoms with Crippen LogP contribution in [-0.2, 0) is 5.41 Å². The van der Waals surface area contributed by atoms with Crippen molar-refractivity contribution in [1.82, 2.24) is 10.6 Å². The number of carbonyl (C=O) groups excluding carboxylic acids is 1. The summed E-state index contributed by atoms with van der Waals surface area (Å²) in [4.78, 5) is 11.9. The summed E-state index contributed by atoms with van der Waals surface area (Å²) in [6.07, 6.45) is 3.26. The highest BCUT2D eigenvalue weighted by Gasteiger charge is 2.44. The van der Waals surface area contributed by atoms with Crippen molar-refractivity contribution in [2.75, 3.05) is 13.2 Å². The van der Waals surface area contributed by atoms with E-state index in [4.69, 9.17) is 5.11 Å². The van der Waals surface area contributed by atoms with E-state index in [1.165, 1.54) is 6.07 Å². The average molecular weight is 294 g/mol. The van der Waals surface area contributed by atoms with Crippen LogP contribution in [0.4, 0.5) is 9.18 Å². The predicted molar refractivity (Wildman–Crippen MR) is 79.6 cm³/mol. The number of benzene rings is 1. The van der Waals surface area contributed by atoms with E-state index in [9.17, 15) is 9.18 Å². The highest BCUT2D eigenvalue weighted by atomic mass is 19.1. The Morgan fingerprint density at radius 3 is 2.81 bits per heavy atom. The number of rotatable bonds is 7. The molecule has 1 aliphatic carbocycles. The molecule has 21 heavy (non-hydrogen) atoms. The van der Waals surface area contributed by atoms with Crippen molar-refractivity contribution in [3.8, 4) is 0 Å². The van der Waals surface area contributed by atoms with E-state index in [0.717, 1.165) is 24.8 Å². The van der Waals surface area contributed by atoms with Crippen molar-refractivity contribution in [3.05, 3.63) is 35.6 Å². The van der Waals surface area contributed by atoms with Crippen LogP contribution in [-0.4, -0.2) is 30.3 Å². The first-order valence-electron chi connectivity index (χ1n) is 7.51. The molecule has 0 bridgehead atoms. The molecule has 2 rings (SSSR count). The second kappa shape index (κ2) is 6.89. The molecule has 116 valence electrons. The first kappa shape index (κ1) is 15.8. The molecule has 0 radical (unpaired) electrons. The number of nitrogens with one attached hydrogen (secondary N) is 2. The Bertz CT molecular complexity index is 489. The molecule has 1 aromatic carbocycles. The van der Waals surface area contributed by atoms with Gasteiger partial charge in [-0.25, -0.2) is 9.18 Å². The average Bonchev–Trinajstić information content (AvgIpc) is 3.26. The van der Waals surface area contributed by atoms with Crippen LogP contribution in [0.25, 0.3) is 0 Å². The fraction of sp³-hybridized carbons (Fsp3) is 0.562. The molecule has 0 aromatic heterocycles. The lowest BCUT2D eigenvalue weighted by atomic mass is 9.96. The molecule has 1 fully saturated rings. The fourth-order valence-electron chi connectivity index (χ4n) is 2.56. The molecule has 5 heteroatoms. The number of hydrogen-bond acceptors (Lipinski definition) is 2. The van der Waals surface area contributed by atoms with Gasteiger partial charge in [0, 0.05) is 24.6 Å². The normalized spacial score (nSPS) is 17.1. The van der Waals surface area contributed by atoms with Gasteiger partial charge in [0.05, 0.1) is 0 Å². The van der Waals surface area contributed by atoms with Crippen LogP contribution in [0.3, 0.4) is 0 Å². The van der Waals surface area contributed by atoms with Crippen molar-refractivity contribution < 1.29 is 14.3 Å². The van der Waals surface area contributed by atoms with Gasteiger partial charge in [-0.05, 0) is 43.4 Å². The van der Waals surface area contributed by atoms with Gasteiger partial charge in [-0.1, -0.05) is 19.1 Å². The van der Waals surface area contributed by atoms with Crippen LogP contribution >= 0.6 is 0 Å². The minimum absolute atomic E-state index is 0.0145. The van der Waals surface area contributed by atoms with Crippen LogP contribution in [0.5, 0.6) is 0 Å². The zero-order chi connectivity index (χ0) is 15.3. The second-order valence-corrected chi connectivity index (χ2v) is 5.74. The molecular formula is C16H23FN2O2. The first-order valence-corrected chi connectivity index (χ1v) is 7.51. The summed E-state index contributed by atoms with van der Waals surface area (Å²) < 4.78 is 13.3. The molecular weight excluding hydrogens is 271 g/mol. The fourth-order valence-corrected chi connectivity index (χ4v) is 2.56. The standard InChI is InChI=1S/C16H23FN2O2/c1-2-14(6-9-20)19-15(21)18-11-16(7-8-16)12-4-3-5-13(17)10-12/h3-5,10,14,20H,2,6-9,11H2,1H3,(H2,18,19,21). The van der Waals surface area contributed by atoms with Gasteiger partial charge in [0.15, 0.2) is 0 Å². The number of aliphatic hydroxyl groups is 1. The summed E-state index contributed by atoms with van der Waals surface area (Å²) in [5.74, 6) is -0.239. The topological polar surface area (TPSA) is 61.4 Å². The SMILES string of the molecule is CCC(CCO)NC(=O)NCC1(c2cccc(F)c2)CC1. The predicted octanol–water partition coefficient (Wildman–Crippen LogP) is 2.32.